The highest BCUT2D eigenvalue weighted by molar-refractivity contribution is 8.00. The molecule has 1 aromatic heterocycles. The van der Waals surface area contributed by atoms with Crippen LogP contribution >= 0.6 is 11.8 Å². The lowest BCUT2D eigenvalue weighted by atomic mass is 10.0. The van der Waals surface area contributed by atoms with E-state index in [2.05, 4.69) is 29.5 Å². The van der Waals surface area contributed by atoms with Crippen molar-refractivity contribution >= 4 is 23.5 Å². The first-order valence-electron chi connectivity index (χ1n) is 8.46. The Labute approximate surface area is 150 Å². The van der Waals surface area contributed by atoms with E-state index in [0.29, 0.717) is 12.4 Å². The van der Waals surface area contributed by atoms with Gasteiger partial charge in [0.1, 0.15) is 23.4 Å². The number of carbonyl (C=O) groups is 1. The molecule has 7 heteroatoms. The smallest absolute Gasteiger partial charge is 0.235 e. The van der Waals surface area contributed by atoms with Crippen molar-refractivity contribution in [3.8, 4) is 11.5 Å². The SMILES string of the molecule is CCOc1cc2c(cc1[C@@H]1SCC(=O)Nc3c1cnn3C)O[C@@H](C)C2. The van der Waals surface area contributed by atoms with Gasteiger partial charge < -0.3 is 14.8 Å². The molecule has 0 saturated heterocycles. The van der Waals surface area contributed by atoms with Crippen LogP contribution in [0.5, 0.6) is 11.5 Å². The van der Waals surface area contributed by atoms with Crippen LogP contribution in [-0.4, -0.2) is 34.2 Å². The Balaban J connectivity index is 1.83. The second kappa shape index (κ2) is 6.29. The lowest BCUT2D eigenvalue weighted by Gasteiger charge is -2.19. The highest BCUT2D eigenvalue weighted by Gasteiger charge is 2.31. The number of nitrogens with zero attached hydrogens (tertiary/aromatic N) is 2. The zero-order chi connectivity index (χ0) is 17.6. The van der Waals surface area contributed by atoms with E-state index in [9.17, 15) is 4.79 Å². The number of rotatable bonds is 3. The first-order valence-corrected chi connectivity index (χ1v) is 9.51. The Kier molecular flexibility index (Phi) is 4.11. The number of hydrogen-bond acceptors (Lipinski definition) is 5. The van der Waals surface area contributed by atoms with Gasteiger partial charge in [-0.3, -0.25) is 9.48 Å². The summed E-state index contributed by atoms with van der Waals surface area (Å²) in [5.74, 6) is 2.90. The van der Waals surface area contributed by atoms with E-state index in [1.807, 2.05) is 20.2 Å². The summed E-state index contributed by atoms with van der Waals surface area (Å²) in [5.41, 5.74) is 3.20. The minimum absolute atomic E-state index is 0.0126. The van der Waals surface area contributed by atoms with E-state index < -0.39 is 0 Å². The van der Waals surface area contributed by atoms with Crippen molar-refractivity contribution in [3.63, 3.8) is 0 Å². The second-order valence-corrected chi connectivity index (χ2v) is 7.47. The third-order valence-electron chi connectivity index (χ3n) is 4.50. The van der Waals surface area contributed by atoms with Crippen LogP contribution in [0, 0.1) is 0 Å². The predicted octanol–water partition coefficient (Wildman–Crippen LogP) is 2.92. The Morgan fingerprint density at radius 3 is 3.08 bits per heavy atom. The summed E-state index contributed by atoms with van der Waals surface area (Å²) in [4.78, 5) is 12.1. The number of hydrogen-bond donors (Lipinski definition) is 1. The molecule has 0 saturated carbocycles. The van der Waals surface area contributed by atoms with Gasteiger partial charge in [-0.15, -0.1) is 11.8 Å². The van der Waals surface area contributed by atoms with Crippen LogP contribution in [0.4, 0.5) is 5.82 Å². The second-order valence-electron chi connectivity index (χ2n) is 6.37. The van der Waals surface area contributed by atoms with E-state index >= 15 is 0 Å². The fourth-order valence-electron chi connectivity index (χ4n) is 3.41. The minimum atomic E-state index is -0.0333. The molecule has 1 aromatic carbocycles. The number of carbonyl (C=O) groups excluding carboxylic acids is 1. The summed E-state index contributed by atoms with van der Waals surface area (Å²) in [5, 5.41) is 7.24. The standard InChI is InChI=1S/C18H21N3O3S/c1-4-23-15-6-11-5-10(2)24-14(11)7-12(15)17-13-8-19-21(3)18(13)20-16(22)9-25-17/h6-8,10,17H,4-5,9H2,1-3H3,(H,20,22)/t10-,17-/m0/s1. The Hall–Kier alpha value is -2.15. The Bertz CT molecular complexity index is 833. The zero-order valence-electron chi connectivity index (χ0n) is 14.5. The lowest BCUT2D eigenvalue weighted by molar-refractivity contribution is -0.113. The number of anilines is 1. The molecule has 2 aliphatic rings. The van der Waals surface area contributed by atoms with E-state index in [1.54, 1.807) is 16.4 Å². The molecule has 3 heterocycles. The molecule has 2 aromatic rings. The van der Waals surface area contributed by atoms with Gasteiger partial charge >= 0.3 is 0 Å². The molecule has 0 fully saturated rings. The molecule has 0 aliphatic carbocycles. The average molecular weight is 359 g/mol. The van der Waals surface area contributed by atoms with E-state index in [0.717, 1.165) is 34.9 Å². The molecule has 0 unspecified atom stereocenters. The molecule has 25 heavy (non-hydrogen) atoms. The third-order valence-corrected chi connectivity index (χ3v) is 5.77. The normalized spacial score (nSPS) is 21.8. The van der Waals surface area contributed by atoms with Gasteiger partial charge in [0.15, 0.2) is 0 Å². The van der Waals surface area contributed by atoms with E-state index in [-0.39, 0.29) is 17.3 Å². The molecule has 2 atom stereocenters. The van der Waals surface area contributed by atoms with Crippen LogP contribution in [0.3, 0.4) is 0 Å². The summed E-state index contributed by atoms with van der Waals surface area (Å²) < 4.78 is 13.6. The molecule has 6 nitrogen and oxygen atoms in total. The molecule has 1 amide bonds. The average Bonchev–Trinajstić information content (AvgIpc) is 3.05. The largest absolute Gasteiger partial charge is 0.494 e. The van der Waals surface area contributed by atoms with Crippen molar-refractivity contribution in [3.05, 3.63) is 35.0 Å². The molecule has 0 spiro atoms. The first-order chi connectivity index (χ1) is 12.1. The van der Waals surface area contributed by atoms with E-state index in [4.69, 9.17) is 9.47 Å². The number of ether oxygens (including phenoxy) is 2. The quantitative estimate of drug-likeness (QED) is 0.913. The van der Waals surface area contributed by atoms with Gasteiger partial charge in [-0.25, -0.2) is 0 Å². The van der Waals surface area contributed by atoms with Gasteiger partial charge in [-0.05, 0) is 26.0 Å². The number of benzene rings is 1. The highest BCUT2D eigenvalue weighted by Crippen LogP contribution is 2.47. The third kappa shape index (κ3) is 2.86. The van der Waals surface area contributed by atoms with Crippen molar-refractivity contribution in [2.45, 2.75) is 31.6 Å². The molecule has 4 rings (SSSR count). The maximum absolute atomic E-state index is 12.1. The monoisotopic (exact) mass is 359 g/mol. The lowest BCUT2D eigenvalue weighted by Crippen LogP contribution is -2.15. The molecule has 0 bridgehead atoms. The number of aromatic nitrogens is 2. The molecule has 1 N–H and O–H groups in total. The van der Waals surface area contributed by atoms with Crippen LogP contribution in [0.25, 0.3) is 0 Å². The maximum Gasteiger partial charge on any atom is 0.235 e. The topological polar surface area (TPSA) is 65.4 Å². The fraction of sp³-hybridized carbons (Fsp3) is 0.444. The van der Waals surface area contributed by atoms with Crippen molar-refractivity contribution in [1.29, 1.82) is 0 Å². The first kappa shape index (κ1) is 16.3. The van der Waals surface area contributed by atoms with E-state index in [1.165, 1.54) is 5.56 Å². The van der Waals surface area contributed by atoms with Crippen molar-refractivity contribution < 1.29 is 14.3 Å². The van der Waals surface area contributed by atoms with Crippen molar-refractivity contribution in [1.82, 2.24) is 9.78 Å². The maximum atomic E-state index is 12.1. The number of aryl methyl sites for hydroxylation is 1. The van der Waals surface area contributed by atoms with Crippen LogP contribution in [0.15, 0.2) is 18.3 Å². The zero-order valence-corrected chi connectivity index (χ0v) is 15.4. The van der Waals surface area contributed by atoms with Gasteiger partial charge in [-0.1, -0.05) is 0 Å². The van der Waals surface area contributed by atoms with Crippen LogP contribution < -0.4 is 14.8 Å². The summed E-state index contributed by atoms with van der Waals surface area (Å²) >= 11 is 1.59. The molecule has 2 aliphatic heterocycles. The van der Waals surface area contributed by atoms with Gasteiger partial charge in [0.25, 0.3) is 0 Å². The number of amides is 1. The number of thioether (sulfide) groups is 1. The van der Waals surface area contributed by atoms with Crippen LogP contribution in [-0.2, 0) is 18.3 Å². The Morgan fingerprint density at radius 1 is 1.44 bits per heavy atom. The van der Waals surface area contributed by atoms with Gasteiger partial charge in [0, 0.05) is 30.2 Å². The number of fused-ring (bicyclic) bond motifs is 2. The Morgan fingerprint density at radius 2 is 2.28 bits per heavy atom. The summed E-state index contributed by atoms with van der Waals surface area (Å²) in [7, 11) is 1.84. The predicted molar refractivity (Wildman–Crippen MR) is 97.5 cm³/mol. The van der Waals surface area contributed by atoms with Gasteiger partial charge in [-0.2, -0.15) is 5.10 Å². The van der Waals surface area contributed by atoms with Crippen LogP contribution in [0.1, 0.15) is 35.8 Å². The molecular weight excluding hydrogens is 338 g/mol. The molecule has 0 radical (unpaired) electrons. The molecule has 132 valence electrons. The summed E-state index contributed by atoms with van der Waals surface area (Å²) in [6.45, 7) is 4.65. The summed E-state index contributed by atoms with van der Waals surface area (Å²) in [6.07, 6.45) is 2.90. The highest BCUT2D eigenvalue weighted by atomic mass is 32.2. The van der Waals surface area contributed by atoms with Crippen molar-refractivity contribution in [2.75, 3.05) is 17.7 Å². The van der Waals surface area contributed by atoms with Crippen molar-refractivity contribution in [2.24, 2.45) is 7.05 Å². The van der Waals surface area contributed by atoms with Gasteiger partial charge in [0.2, 0.25) is 5.91 Å². The summed E-state index contributed by atoms with van der Waals surface area (Å²) in [6, 6.07) is 4.17. The number of nitrogens with one attached hydrogen (secondary N) is 1. The van der Waals surface area contributed by atoms with Gasteiger partial charge in [0.05, 0.1) is 23.8 Å². The minimum Gasteiger partial charge on any atom is -0.494 e. The fourth-order valence-corrected chi connectivity index (χ4v) is 4.52. The van der Waals surface area contributed by atoms with Crippen LogP contribution in [0.2, 0.25) is 0 Å². The molecular formula is C18H21N3O3S.